The van der Waals surface area contributed by atoms with Crippen molar-refractivity contribution in [3.63, 3.8) is 0 Å². The molecule has 4 nitrogen and oxygen atoms in total. The van der Waals surface area contributed by atoms with E-state index in [0.717, 1.165) is 16.3 Å². The third kappa shape index (κ3) is 1.80. The van der Waals surface area contributed by atoms with Crippen molar-refractivity contribution < 1.29 is 19.4 Å². The van der Waals surface area contributed by atoms with Crippen LogP contribution in [-0.4, -0.2) is 23.8 Å². The van der Waals surface area contributed by atoms with E-state index < -0.39 is 0 Å². The summed E-state index contributed by atoms with van der Waals surface area (Å²) < 4.78 is 5.28. The number of phenols is 1. The number of hydrogen-bond donors (Lipinski definition) is 1. The van der Waals surface area contributed by atoms with Crippen LogP contribution in [0.25, 0.3) is 10.8 Å². The summed E-state index contributed by atoms with van der Waals surface area (Å²) in [6.45, 7) is 1.89. The molecule has 0 aliphatic heterocycles. The van der Waals surface area contributed by atoms with Crippen LogP contribution in [0.15, 0.2) is 42.5 Å². The lowest BCUT2D eigenvalue weighted by atomic mass is 9.80. The van der Waals surface area contributed by atoms with E-state index in [2.05, 4.69) is 0 Å². The molecule has 4 heteroatoms. The average Bonchev–Trinajstić information content (AvgIpc) is 2.58. The second kappa shape index (κ2) is 4.93. The molecule has 0 fully saturated rings. The molecule has 0 bridgehead atoms. The van der Waals surface area contributed by atoms with Gasteiger partial charge in [-0.1, -0.05) is 18.2 Å². The maximum absolute atomic E-state index is 13.0. The summed E-state index contributed by atoms with van der Waals surface area (Å²) in [5.74, 6) is -0.0279. The molecule has 0 saturated carbocycles. The maximum atomic E-state index is 13.0. The lowest BCUT2D eigenvalue weighted by Crippen LogP contribution is -2.21. The number of phenolic OH excluding ortho intramolecular Hbond substituents is 1. The first kappa shape index (κ1) is 14.5. The quantitative estimate of drug-likeness (QED) is 0.582. The number of fused-ring (bicyclic) bond motifs is 4. The second-order valence-corrected chi connectivity index (χ2v) is 5.89. The molecule has 3 aromatic carbocycles. The Morgan fingerprint density at radius 2 is 1.62 bits per heavy atom. The zero-order valence-corrected chi connectivity index (χ0v) is 13.2. The number of aromatic hydroxyl groups is 1. The highest BCUT2D eigenvalue weighted by molar-refractivity contribution is 6.33. The van der Waals surface area contributed by atoms with Crippen LogP contribution in [0.1, 0.15) is 37.4 Å². The number of carbonyl (C=O) groups excluding carboxylic acids is 2. The molecule has 0 unspecified atom stereocenters. The first-order valence-corrected chi connectivity index (χ1v) is 7.55. The number of hydrogen-bond acceptors (Lipinski definition) is 4. The Labute approximate surface area is 138 Å². The van der Waals surface area contributed by atoms with Crippen molar-refractivity contribution in [2.75, 3.05) is 7.11 Å². The molecule has 24 heavy (non-hydrogen) atoms. The van der Waals surface area contributed by atoms with Gasteiger partial charge in [-0.15, -0.1) is 0 Å². The van der Waals surface area contributed by atoms with Crippen LogP contribution < -0.4 is 4.74 Å². The molecule has 118 valence electrons. The number of carbonyl (C=O) groups is 2. The minimum Gasteiger partial charge on any atom is -0.507 e. The van der Waals surface area contributed by atoms with Crippen molar-refractivity contribution in [3.05, 3.63) is 70.3 Å². The summed E-state index contributed by atoms with van der Waals surface area (Å²) in [5, 5.41) is 11.6. The van der Waals surface area contributed by atoms with E-state index in [1.807, 2.05) is 19.1 Å². The molecule has 0 amide bonds. The monoisotopic (exact) mass is 318 g/mol. The zero-order valence-electron chi connectivity index (χ0n) is 13.2. The van der Waals surface area contributed by atoms with Crippen molar-refractivity contribution >= 4 is 22.3 Å². The molecule has 4 rings (SSSR count). The Kier molecular flexibility index (Phi) is 2.97. The smallest absolute Gasteiger partial charge is 0.198 e. The van der Waals surface area contributed by atoms with Crippen molar-refractivity contribution in [1.29, 1.82) is 0 Å². The van der Waals surface area contributed by atoms with Gasteiger partial charge in [-0.3, -0.25) is 9.59 Å². The first-order chi connectivity index (χ1) is 11.5. The average molecular weight is 318 g/mol. The number of ketones is 2. The molecule has 3 aromatic rings. The predicted molar refractivity (Wildman–Crippen MR) is 90.2 cm³/mol. The Morgan fingerprint density at radius 3 is 2.38 bits per heavy atom. The Morgan fingerprint density at radius 1 is 0.917 bits per heavy atom. The van der Waals surface area contributed by atoms with Gasteiger partial charge in [-0.05, 0) is 47.5 Å². The lowest BCUT2D eigenvalue weighted by molar-refractivity contribution is 0.0978. The highest BCUT2D eigenvalue weighted by Crippen LogP contribution is 2.38. The summed E-state index contributed by atoms with van der Waals surface area (Å²) in [6.07, 6.45) is 0. The summed E-state index contributed by atoms with van der Waals surface area (Å²) in [4.78, 5) is 25.8. The highest BCUT2D eigenvalue weighted by atomic mass is 16.5. The summed E-state index contributed by atoms with van der Waals surface area (Å²) in [6, 6.07) is 11.7. The molecule has 0 spiro atoms. The van der Waals surface area contributed by atoms with Gasteiger partial charge in [0.15, 0.2) is 11.6 Å². The van der Waals surface area contributed by atoms with Crippen LogP contribution in [0.3, 0.4) is 0 Å². The summed E-state index contributed by atoms with van der Waals surface area (Å²) >= 11 is 0. The number of methoxy groups -OCH3 is 1. The first-order valence-electron chi connectivity index (χ1n) is 7.55. The van der Waals surface area contributed by atoms with Gasteiger partial charge in [0.2, 0.25) is 0 Å². The standard InChI is InChI=1S/C20H14O4/c1-10-8-12(24-2)9-11-6-7-14-18(16(10)11)20(23)13-4-3-5-15(21)17(13)19(14)22/h3-9,21H,1-2H3. The third-order valence-electron chi connectivity index (χ3n) is 4.51. The molecular formula is C20H14O4. The van der Waals surface area contributed by atoms with E-state index in [4.69, 9.17) is 4.74 Å². The SMILES string of the molecule is COc1cc(C)c2c3c(ccc2c1)C(=O)c1c(O)cccc1C3=O. The molecule has 0 aromatic heterocycles. The van der Waals surface area contributed by atoms with Crippen LogP contribution >= 0.6 is 0 Å². The van der Waals surface area contributed by atoms with Crippen LogP contribution in [0.2, 0.25) is 0 Å². The van der Waals surface area contributed by atoms with Gasteiger partial charge in [-0.25, -0.2) is 0 Å². The predicted octanol–water partition coefficient (Wildman–Crippen LogP) is 3.64. The van der Waals surface area contributed by atoms with Gasteiger partial charge in [0, 0.05) is 16.7 Å². The Hall–Kier alpha value is -3.14. The van der Waals surface area contributed by atoms with Gasteiger partial charge in [-0.2, -0.15) is 0 Å². The molecule has 0 heterocycles. The normalized spacial score (nSPS) is 12.9. The second-order valence-electron chi connectivity index (χ2n) is 5.89. The molecule has 1 aliphatic rings. The molecule has 1 N–H and O–H groups in total. The van der Waals surface area contributed by atoms with E-state index in [1.54, 1.807) is 31.4 Å². The fraction of sp³-hybridized carbons (Fsp3) is 0.100. The fourth-order valence-corrected chi connectivity index (χ4v) is 3.42. The molecule has 0 atom stereocenters. The van der Waals surface area contributed by atoms with Gasteiger partial charge >= 0.3 is 0 Å². The van der Waals surface area contributed by atoms with Gasteiger partial charge < -0.3 is 9.84 Å². The molecule has 0 radical (unpaired) electrons. The van der Waals surface area contributed by atoms with Crippen molar-refractivity contribution in [2.24, 2.45) is 0 Å². The third-order valence-corrected chi connectivity index (χ3v) is 4.51. The lowest BCUT2D eigenvalue weighted by Gasteiger charge is -2.21. The van der Waals surface area contributed by atoms with Crippen LogP contribution in [-0.2, 0) is 0 Å². The van der Waals surface area contributed by atoms with Crippen LogP contribution in [0.5, 0.6) is 11.5 Å². The Bertz CT molecular complexity index is 1050. The number of rotatable bonds is 1. The number of ether oxygens (including phenoxy) is 1. The van der Waals surface area contributed by atoms with Crippen LogP contribution in [0, 0.1) is 6.92 Å². The van der Waals surface area contributed by atoms with Crippen molar-refractivity contribution in [3.8, 4) is 11.5 Å². The number of benzene rings is 3. The zero-order chi connectivity index (χ0) is 17.0. The number of aryl methyl sites for hydroxylation is 1. The topological polar surface area (TPSA) is 63.6 Å². The van der Waals surface area contributed by atoms with Gasteiger partial charge in [0.05, 0.1) is 12.7 Å². The van der Waals surface area contributed by atoms with E-state index in [1.165, 1.54) is 6.07 Å². The van der Waals surface area contributed by atoms with Crippen LogP contribution in [0.4, 0.5) is 0 Å². The molecular weight excluding hydrogens is 304 g/mol. The minimum atomic E-state index is -0.324. The summed E-state index contributed by atoms with van der Waals surface area (Å²) in [7, 11) is 1.59. The highest BCUT2D eigenvalue weighted by Gasteiger charge is 2.33. The Balaban J connectivity index is 2.11. The fourth-order valence-electron chi connectivity index (χ4n) is 3.42. The van der Waals surface area contributed by atoms with E-state index >= 15 is 0 Å². The van der Waals surface area contributed by atoms with E-state index in [-0.39, 0.29) is 28.4 Å². The minimum absolute atomic E-state index is 0.0838. The van der Waals surface area contributed by atoms with Crippen molar-refractivity contribution in [2.45, 2.75) is 6.92 Å². The largest absolute Gasteiger partial charge is 0.507 e. The van der Waals surface area contributed by atoms with Gasteiger partial charge in [0.1, 0.15) is 11.5 Å². The molecule has 1 aliphatic carbocycles. The van der Waals surface area contributed by atoms with E-state index in [9.17, 15) is 14.7 Å². The van der Waals surface area contributed by atoms with Gasteiger partial charge in [0.25, 0.3) is 0 Å². The maximum Gasteiger partial charge on any atom is 0.198 e. The summed E-state index contributed by atoms with van der Waals surface area (Å²) in [5.41, 5.74) is 1.92. The van der Waals surface area contributed by atoms with E-state index in [0.29, 0.717) is 16.9 Å². The van der Waals surface area contributed by atoms with Crippen molar-refractivity contribution in [1.82, 2.24) is 0 Å². The molecule has 0 saturated heterocycles.